The average Bonchev–Trinajstić information content (AvgIpc) is 3.48. The van der Waals surface area contributed by atoms with Crippen LogP contribution < -0.4 is 40.7 Å². The topological polar surface area (TPSA) is 209 Å². The number of hydrogen-bond donors (Lipinski definition) is 5. The Morgan fingerprint density at radius 3 is 1.87 bits per heavy atom. The number of aromatic nitrogens is 4. The Morgan fingerprint density at radius 2 is 1.34 bits per heavy atom. The number of hydrogen-bond acceptors (Lipinski definition) is 6. The molecule has 0 aromatic carbocycles. The maximum atomic E-state index is 12.8. The van der Waals surface area contributed by atoms with Crippen molar-refractivity contribution in [3.05, 3.63) is 59.9 Å². The van der Waals surface area contributed by atoms with Crippen LogP contribution in [-0.4, -0.2) is 49.5 Å². The van der Waals surface area contributed by atoms with Gasteiger partial charge in [-0.3, -0.25) is 14.4 Å². The summed E-state index contributed by atoms with van der Waals surface area (Å²) in [6.45, 7) is 1.01. The minimum Gasteiger partial charge on any atom is -1.00 e. The molecule has 0 aliphatic heterocycles. The molecule has 3 amide bonds. The molecular weight excluding hydrogens is 695 g/mol. The van der Waals surface area contributed by atoms with E-state index in [9.17, 15) is 14.4 Å². The third kappa shape index (κ3) is 9.73. The van der Waals surface area contributed by atoms with Gasteiger partial charge < -0.3 is 60.1 Å². The zero-order valence-corrected chi connectivity index (χ0v) is 24.9. The van der Waals surface area contributed by atoms with E-state index in [0.29, 0.717) is 35.9 Å². The van der Waals surface area contributed by atoms with Gasteiger partial charge in [0.05, 0.1) is 11.4 Å². The van der Waals surface area contributed by atoms with Gasteiger partial charge in [0, 0.05) is 52.5 Å². The Balaban J connectivity index is 0. The van der Waals surface area contributed by atoms with E-state index >= 15 is 0 Å². The third-order valence-electron chi connectivity index (χ3n) is 5.40. The molecule has 214 valence electrons. The van der Waals surface area contributed by atoms with E-state index in [1.807, 2.05) is 0 Å². The number of nitrogens with zero attached hydrogens (tertiary/aromatic N) is 4. The Morgan fingerprint density at radius 1 is 0.816 bits per heavy atom. The summed E-state index contributed by atoms with van der Waals surface area (Å²) in [5, 5.41) is 8.43. The number of nitrogens with one attached hydrogen (secondary N) is 4. The molecule has 0 atom stereocenters. The summed E-state index contributed by atoms with van der Waals surface area (Å²) in [7, 11) is 5.17. The normalized spacial score (nSPS) is 9.68. The van der Waals surface area contributed by atoms with Crippen molar-refractivity contribution in [1.29, 1.82) is 0 Å². The molecule has 10 N–H and O–H groups in total. The summed E-state index contributed by atoms with van der Waals surface area (Å²) in [5.41, 5.74) is 8.89. The number of rotatable bonds is 11. The molecule has 3 heterocycles. The average molecular weight is 732 g/mol. The van der Waals surface area contributed by atoms with Crippen molar-refractivity contribution >= 4 is 29.1 Å². The number of anilines is 2. The number of aryl methyl sites for hydroxylation is 3. The second-order valence-electron chi connectivity index (χ2n) is 8.14. The molecular formula is C23H37ClN10O3Pt. The van der Waals surface area contributed by atoms with Crippen molar-refractivity contribution in [2.24, 2.45) is 21.1 Å². The largest absolute Gasteiger partial charge is 2.00 e. The van der Waals surface area contributed by atoms with E-state index in [4.69, 9.17) is 5.73 Å². The molecule has 0 saturated heterocycles. The Hall–Kier alpha value is -2.96. The van der Waals surface area contributed by atoms with Crippen LogP contribution in [-0.2, 0) is 42.2 Å². The fraction of sp³-hybridized carbons (Fsp3) is 0.391. The molecule has 0 aliphatic carbocycles. The van der Waals surface area contributed by atoms with Gasteiger partial charge in [-0.15, -0.1) is 0 Å². The van der Waals surface area contributed by atoms with Crippen molar-refractivity contribution < 1.29 is 47.9 Å². The minimum absolute atomic E-state index is 0. The van der Waals surface area contributed by atoms with Gasteiger partial charge in [0.15, 0.2) is 5.82 Å². The summed E-state index contributed by atoms with van der Waals surface area (Å²) >= 11 is 0. The minimum atomic E-state index is -0.375. The van der Waals surface area contributed by atoms with Crippen LogP contribution in [0.4, 0.5) is 11.4 Å². The molecule has 0 aliphatic rings. The predicted octanol–water partition coefficient (Wildman–Crippen LogP) is 0.270. The van der Waals surface area contributed by atoms with Crippen LogP contribution in [0.2, 0.25) is 0 Å². The van der Waals surface area contributed by atoms with Crippen LogP contribution in [0, 0.1) is 0 Å². The van der Waals surface area contributed by atoms with Gasteiger partial charge in [-0.25, -0.2) is 4.98 Å². The first-order valence-corrected chi connectivity index (χ1v) is 11.2. The van der Waals surface area contributed by atoms with Gasteiger partial charge in [0.25, 0.3) is 17.7 Å². The molecule has 13 nitrogen and oxygen atoms in total. The van der Waals surface area contributed by atoms with Crippen LogP contribution in [0.3, 0.4) is 0 Å². The SMILES string of the molecule is Cn1cc(NC(=O)c2cc(NC(=O)c3nccn3C)cn2C)cc1C(=O)NCCCCCC[NH-].N.N.[Cl-].[Pt+2]. The second kappa shape index (κ2) is 17.5. The summed E-state index contributed by atoms with van der Waals surface area (Å²) in [5.74, 6) is -0.688. The van der Waals surface area contributed by atoms with Crippen LogP contribution in [0.25, 0.3) is 5.73 Å². The van der Waals surface area contributed by atoms with Crippen LogP contribution in [0.5, 0.6) is 0 Å². The number of imidazole rings is 1. The predicted molar refractivity (Wildman–Crippen MR) is 140 cm³/mol. The van der Waals surface area contributed by atoms with Crippen molar-refractivity contribution in [1.82, 2.24) is 36.3 Å². The summed E-state index contributed by atoms with van der Waals surface area (Å²) in [6, 6.07) is 3.20. The standard InChI is InChI=1S/C23H31N8O3.ClH.2H3N.Pt/c1-29-11-10-25-20(29)23(34)28-17-13-19(31(3)15-17)22(33)27-16-12-18(30(2)14-16)21(32)26-9-7-5-4-6-8-24;;;;/h10-15,24H,4-9H2,1-3H3,(H,26,32)(H,27,33)(H,28,34);1H;2*1H3;/q-1;;;;+2/p-1. The van der Waals surface area contributed by atoms with E-state index in [1.54, 1.807) is 65.6 Å². The van der Waals surface area contributed by atoms with Crippen molar-refractivity contribution in [2.75, 3.05) is 23.7 Å². The molecule has 0 saturated carbocycles. The molecule has 0 bridgehead atoms. The zero-order chi connectivity index (χ0) is 24.7. The fourth-order valence-corrected chi connectivity index (χ4v) is 3.58. The Kier molecular flexibility index (Phi) is 17.2. The second-order valence-corrected chi connectivity index (χ2v) is 8.14. The first-order chi connectivity index (χ1) is 16.3. The molecule has 3 rings (SSSR count). The zero-order valence-electron chi connectivity index (χ0n) is 21.8. The van der Waals surface area contributed by atoms with Crippen molar-refractivity contribution in [2.45, 2.75) is 25.7 Å². The summed E-state index contributed by atoms with van der Waals surface area (Å²) in [6.07, 6.45) is 10.3. The number of carbonyl (C=O) groups excluding carboxylic acids is 3. The maximum absolute atomic E-state index is 12.8. The molecule has 15 heteroatoms. The molecule has 0 radical (unpaired) electrons. The van der Waals surface area contributed by atoms with Gasteiger partial charge in [0.2, 0.25) is 0 Å². The number of carbonyl (C=O) groups is 3. The summed E-state index contributed by atoms with van der Waals surface area (Å²) in [4.78, 5) is 41.7. The van der Waals surface area contributed by atoms with E-state index < -0.39 is 0 Å². The quantitative estimate of drug-likeness (QED) is 0.175. The maximum Gasteiger partial charge on any atom is 2.00 e. The van der Waals surface area contributed by atoms with E-state index in [1.165, 1.54) is 6.20 Å². The Bertz CT molecular complexity index is 1170. The molecule has 0 unspecified atom stereocenters. The molecule has 0 fully saturated rings. The first kappa shape index (κ1) is 37.2. The first-order valence-electron chi connectivity index (χ1n) is 11.2. The van der Waals surface area contributed by atoms with Crippen molar-refractivity contribution in [3.63, 3.8) is 0 Å². The van der Waals surface area contributed by atoms with Gasteiger partial charge in [-0.2, -0.15) is 6.54 Å². The van der Waals surface area contributed by atoms with E-state index in [-0.39, 0.29) is 69.3 Å². The van der Waals surface area contributed by atoms with Crippen LogP contribution >= 0.6 is 0 Å². The monoisotopic (exact) mass is 731 g/mol. The summed E-state index contributed by atoms with van der Waals surface area (Å²) < 4.78 is 4.88. The fourth-order valence-electron chi connectivity index (χ4n) is 3.58. The molecule has 38 heavy (non-hydrogen) atoms. The third-order valence-corrected chi connectivity index (χ3v) is 5.40. The smallest absolute Gasteiger partial charge is 1.00 e. The van der Waals surface area contributed by atoms with Crippen molar-refractivity contribution in [3.8, 4) is 0 Å². The number of amides is 3. The molecule has 3 aromatic rings. The van der Waals surface area contributed by atoms with Crippen LogP contribution in [0.1, 0.15) is 57.3 Å². The molecule has 0 spiro atoms. The van der Waals surface area contributed by atoms with Gasteiger partial charge >= 0.3 is 21.1 Å². The van der Waals surface area contributed by atoms with E-state index in [2.05, 4.69) is 20.9 Å². The number of unbranched alkanes of at least 4 members (excludes halogenated alkanes) is 3. The van der Waals surface area contributed by atoms with Gasteiger partial charge in [0.1, 0.15) is 11.4 Å². The van der Waals surface area contributed by atoms with Crippen LogP contribution in [0.15, 0.2) is 36.9 Å². The Labute approximate surface area is 243 Å². The molecule has 3 aromatic heterocycles. The van der Waals surface area contributed by atoms with E-state index in [0.717, 1.165) is 25.7 Å². The van der Waals surface area contributed by atoms with Gasteiger partial charge in [-0.1, -0.05) is 19.3 Å². The number of halogens is 1. The van der Waals surface area contributed by atoms with Gasteiger partial charge in [-0.05, 0) is 18.6 Å².